The van der Waals surface area contributed by atoms with Crippen molar-refractivity contribution >= 4 is 22.5 Å². The van der Waals surface area contributed by atoms with Gasteiger partial charge in [0.25, 0.3) is 0 Å². The van der Waals surface area contributed by atoms with E-state index in [0.717, 1.165) is 12.1 Å². The number of rotatable bonds is 5. The van der Waals surface area contributed by atoms with Gasteiger partial charge in [0.1, 0.15) is 0 Å². The Labute approximate surface area is 99.1 Å². The number of aromatic nitrogens is 1. The van der Waals surface area contributed by atoms with Crippen LogP contribution in [0.2, 0.25) is 0 Å². The zero-order chi connectivity index (χ0) is 12.0. The Morgan fingerprint density at radius 3 is 2.88 bits per heavy atom. The molecule has 1 heterocycles. The highest BCUT2D eigenvalue weighted by Gasteiger charge is 2.12. The smallest absolute Gasteiger partial charge is 0.323 e. The Hall–Kier alpha value is -1.14. The monoisotopic (exact) mass is 243 g/mol. The summed E-state index contributed by atoms with van der Waals surface area (Å²) in [5, 5.41) is 14.0. The maximum Gasteiger partial charge on any atom is 0.323 e. The summed E-state index contributed by atoms with van der Waals surface area (Å²) in [4.78, 5) is 17.5. The first-order chi connectivity index (χ1) is 7.71. The van der Waals surface area contributed by atoms with Gasteiger partial charge in [-0.05, 0) is 13.3 Å². The number of aliphatic hydroxyl groups excluding tert-OH is 1. The molecule has 1 aromatic heterocycles. The van der Waals surface area contributed by atoms with Gasteiger partial charge in [-0.2, -0.15) is 0 Å². The summed E-state index contributed by atoms with van der Waals surface area (Å²) in [7, 11) is 0. The Bertz CT molecular complexity index is 341. The highest BCUT2D eigenvalue weighted by Crippen LogP contribution is 2.16. The molecule has 0 aliphatic heterocycles. The summed E-state index contributed by atoms with van der Waals surface area (Å²) in [6.07, 6.45) is 0.862. The third-order valence-corrected chi connectivity index (χ3v) is 2.97. The molecule has 0 saturated carbocycles. The van der Waals surface area contributed by atoms with Crippen molar-refractivity contribution in [3.8, 4) is 0 Å². The summed E-state index contributed by atoms with van der Waals surface area (Å²) in [5.41, 5.74) is 0.977. The van der Waals surface area contributed by atoms with Crippen LogP contribution >= 0.6 is 11.3 Å². The van der Waals surface area contributed by atoms with E-state index < -0.39 is 0 Å². The number of likely N-dealkylation sites (N-methyl/N-ethyl adjacent to an activating group) is 1. The number of carbonyl (C=O) groups excluding carboxylic acids is 1. The molecule has 0 saturated heterocycles. The van der Waals surface area contributed by atoms with Crippen molar-refractivity contribution in [2.75, 3.05) is 25.0 Å². The highest BCUT2D eigenvalue weighted by molar-refractivity contribution is 7.13. The number of nitrogens with one attached hydrogen (secondary N) is 1. The first-order valence-electron chi connectivity index (χ1n) is 5.32. The molecule has 0 unspecified atom stereocenters. The predicted molar refractivity (Wildman–Crippen MR) is 64.8 cm³/mol. The fraction of sp³-hybridized carbons (Fsp3) is 0.600. The minimum Gasteiger partial charge on any atom is -0.395 e. The number of amides is 2. The van der Waals surface area contributed by atoms with E-state index in [9.17, 15) is 4.79 Å². The lowest BCUT2D eigenvalue weighted by molar-refractivity contribution is 0.192. The first kappa shape index (κ1) is 12.9. The van der Waals surface area contributed by atoms with E-state index in [4.69, 9.17) is 5.11 Å². The predicted octanol–water partition coefficient (Wildman–Crippen LogP) is 1.55. The van der Waals surface area contributed by atoms with Gasteiger partial charge in [-0.25, -0.2) is 9.78 Å². The SMILES string of the molecule is CCc1csc(NC(=O)N(CC)CCO)n1. The second-order valence-corrected chi connectivity index (χ2v) is 4.09. The number of thiazole rings is 1. The van der Waals surface area contributed by atoms with Crippen LogP contribution in [-0.4, -0.2) is 40.7 Å². The number of nitrogens with zero attached hydrogens (tertiary/aromatic N) is 2. The summed E-state index contributed by atoms with van der Waals surface area (Å²) in [5.74, 6) is 0. The van der Waals surface area contributed by atoms with Gasteiger partial charge in [-0.3, -0.25) is 5.32 Å². The van der Waals surface area contributed by atoms with E-state index in [1.54, 1.807) is 0 Å². The lowest BCUT2D eigenvalue weighted by atomic mass is 10.4. The minimum atomic E-state index is -0.214. The van der Waals surface area contributed by atoms with Crippen LogP contribution < -0.4 is 5.32 Å². The Balaban J connectivity index is 2.55. The van der Waals surface area contributed by atoms with Crippen LogP contribution in [0.15, 0.2) is 5.38 Å². The van der Waals surface area contributed by atoms with Crippen LogP contribution in [0.1, 0.15) is 19.5 Å². The minimum absolute atomic E-state index is 0.0284. The van der Waals surface area contributed by atoms with Crippen LogP contribution in [0.4, 0.5) is 9.93 Å². The molecule has 0 aromatic carbocycles. The molecule has 1 aromatic rings. The summed E-state index contributed by atoms with van der Waals surface area (Å²) >= 11 is 1.42. The zero-order valence-electron chi connectivity index (χ0n) is 9.56. The average Bonchev–Trinajstić information content (AvgIpc) is 2.73. The molecule has 0 spiro atoms. The van der Waals surface area contributed by atoms with Gasteiger partial charge in [0, 0.05) is 18.5 Å². The fourth-order valence-corrected chi connectivity index (χ4v) is 2.00. The van der Waals surface area contributed by atoms with Crippen molar-refractivity contribution in [2.24, 2.45) is 0 Å². The van der Waals surface area contributed by atoms with Crippen molar-refractivity contribution in [3.05, 3.63) is 11.1 Å². The van der Waals surface area contributed by atoms with Crippen molar-refractivity contribution in [1.82, 2.24) is 9.88 Å². The van der Waals surface area contributed by atoms with Crippen LogP contribution in [0.5, 0.6) is 0 Å². The molecule has 0 radical (unpaired) electrons. The van der Waals surface area contributed by atoms with Gasteiger partial charge in [-0.1, -0.05) is 6.92 Å². The second-order valence-electron chi connectivity index (χ2n) is 3.23. The molecule has 90 valence electrons. The van der Waals surface area contributed by atoms with Gasteiger partial charge in [0.05, 0.1) is 12.3 Å². The van der Waals surface area contributed by atoms with Crippen molar-refractivity contribution in [3.63, 3.8) is 0 Å². The van der Waals surface area contributed by atoms with Crippen LogP contribution in [0, 0.1) is 0 Å². The molecule has 0 fully saturated rings. The maximum atomic E-state index is 11.7. The number of hydrogen-bond donors (Lipinski definition) is 2. The maximum absolute atomic E-state index is 11.7. The number of carbonyl (C=O) groups is 1. The Kier molecular flexibility index (Phi) is 5.21. The molecular formula is C10H17N3O2S. The molecule has 6 heteroatoms. The number of anilines is 1. The Morgan fingerprint density at radius 1 is 1.62 bits per heavy atom. The number of aryl methyl sites for hydroxylation is 1. The van der Waals surface area contributed by atoms with Crippen molar-refractivity contribution < 1.29 is 9.90 Å². The molecule has 0 atom stereocenters. The molecule has 0 aliphatic rings. The van der Waals surface area contributed by atoms with Gasteiger partial charge < -0.3 is 10.0 Å². The van der Waals surface area contributed by atoms with E-state index in [-0.39, 0.29) is 12.6 Å². The number of hydrogen-bond acceptors (Lipinski definition) is 4. The first-order valence-corrected chi connectivity index (χ1v) is 6.20. The van der Waals surface area contributed by atoms with Gasteiger partial charge >= 0.3 is 6.03 Å². The fourth-order valence-electron chi connectivity index (χ4n) is 1.22. The standard InChI is InChI=1S/C10H17N3O2S/c1-3-8-7-16-9(11-8)12-10(15)13(4-2)5-6-14/h7,14H,3-6H2,1-2H3,(H,11,12,15). The molecule has 2 N–H and O–H groups in total. The normalized spacial score (nSPS) is 10.2. The Morgan fingerprint density at radius 2 is 2.38 bits per heavy atom. The third kappa shape index (κ3) is 3.46. The van der Waals surface area contributed by atoms with Crippen LogP contribution in [0.3, 0.4) is 0 Å². The molecule has 0 bridgehead atoms. The van der Waals surface area contributed by atoms with Crippen LogP contribution in [0.25, 0.3) is 0 Å². The molecule has 16 heavy (non-hydrogen) atoms. The summed E-state index contributed by atoms with van der Waals surface area (Å²) in [6.45, 7) is 4.77. The number of aliphatic hydroxyl groups is 1. The quantitative estimate of drug-likeness (QED) is 0.824. The molecule has 0 aliphatic carbocycles. The molecule has 5 nitrogen and oxygen atoms in total. The zero-order valence-corrected chi connectivity index (χ0v) is 10.4. The third-order valence-electron chi connectivity index (χ3n) is 2.17. The lowest BCUT2D eigenvalue weighted by Gasteiger charge is -2.19. The molecule has 2 amide bonds. The molecular weight excluding hydrogens is 226 g/mol. The van der Waals surface area contributed by atoms with E-state index in [1.165, 1.54) is 16.2 Å². The van der Waals surface area contributed by atoms with Gasteiger partial charge in [0.2, 0.25) is 0 Å². The van der Waals surface area contributed by atoms with E-state index >= 15 is 0 Å². The largest absolute Gasteiger partial charge is 0.395 e. The topological polar surface area (TPSA) is 65.5 Å². The van der Waals surface area contributed by atoms with Crippen LogP contribution in [-0.2, 0) is 6.42 Å². The van der Waals surface area contributed by atoms with Gasteiger partial charge in [0.15, 0.2) is 5.13 Å². The van der Waals surface area contributed by atoms with Gasteiger partial charge in [-0.15, -0.1) is 11.3 Å². The lowest BCUT2D eigenvalue weighted by Crippen LogP contribution is -2.36. The second kappa shape index (κ2) is 6.44. The summed E-state index contributed by atoms with van der Waals surface area (Å²) in [6, 6.07) is -0.214. The van der Waals surface area contributed by atoms with Crippen molar-refractivity contribution in [2.45, 2.75) is 20.3 Å². The average molecular weight is 243 g/mol. The van der Waals surface area contributed by atoms with E-state index in [2.05, 4.69) is 10.3 Å². The van der Waals surface area contributed by atoms with E-state index in [1.807, 2.05) is 19.2 Å². The molecule has 1 rings (SSSR count). The number of urea groups is 1. The highest BCUT2D eigenvalue weighted by atomic mass is 32.1. The summed E-state index contributed by atoms with van der Waals surface area (Å²) < 4.78 is 0. The van der Waals surface area contributed by atoms with Crippen molar-refractivity contribution in [1.29, 1.82) is 0 Å². The van der Waals surface area contributed by atoms with E-state index in [0.29, 0.717) is 18.2 Å².